The Morgan fingerprint density at radius 1 is 0.849 bits per heavy atom. The largest absolute Gasteiger partial charge is 0.467 e. The van der Waals surface area contributed by atoms with E-state index in [1.54, 1.807) is 45.0 Å². The monoisotopic (exact) mass is 760 g/mol. The van der Waals surface area contributed by atoms with Gasteiger partial charge in [0.05, 0.1) is 19.8 Å². The fourth-order valence-electron chi connectivity index (χ4n) is 5.79. The molecular formula is C39H48N4O8SSi. The Morgan fingerprint density at radius 2 is 1.42 bits per heavy atom. The van der Waals surface area contributed by atoms with E-state index in [4.69, 9.17) is 13.9 Å². The molecule has 282 valence electrons. The average molecular weight is 761 g/mol. The molecule has 53 heavy (non-hydrogen) atoms. The molecule has 4 N–H and O–H groups in total. The van der Waals surface area contributed by atoms with Crippen molar-refractivity contribution in [2.24, 2.45) is 0 Å². The van der Waals surface area contributed by atoms with Crippen molar-refractivity contribution in [1.29, 1.82) is 0 Å². The number of methoxy groups -OCH3 is 1. The van der Waals surface area contributed by atoms with Crippen LogP contribution in [0.3, 0.4) is 0 Å². The highest BCUT2D eigenvalue weighted by atomic mass is 32.1. The van der Waals surface area contributed by atoms with Crippen molar-refractivity contribution >= 4 is 59.6 Å². The van der Waals surface area contributed by atoms with Gasteiger partial charge in [0, 0.05) is 16.6 Å². The predicted octanol–water partition coefficient (Wildman–Crippen LogP) is 4.87. The summed E-state index contributed by atoms with van der Waals surface area (Å²) < 4.78 is 17.2. The number of anilines is 1. The molecule has 14 heteroatoms. The Balaban J connectivity index is 1.50. The van der Waals surface area contributed by atoms with E-state index in [-0.39, 0.29) is 12.3 Å². The fraction of sp³-hybridized carbons (Fsp3) is 0.359. The molecule has 1 heterocycles. The first kappa shape index (κ1) is 40.9. The first-order chi connectivity index (χ1) is 24.9. The number of carbonyl (C=O) groups excluding carboxylic acids is 4. The third kappa shape index (κ3) is 10.4. The van der Waals surface area contributed by atoms with E-state index in [2.05, 4.69) is 41.7 Å². The molecule has 0 bridgehead atoms. The highest BCUT2D eigenvalue weighted by Crippen LogP contribution is 2.37. The van der Waals surface area contributed by atoms with E-state index in [1.807, 2.05) is 60.7 Å². The molecule has 0 saturated carbocycles. The number of thiazole rings is 1. The van der Waals surface area contributed by atoms with Gasteiger partial charge in [0.1, 0.15) is 28.4 Å². The van der Waals surface area contributed by atoms with Gasteiger partial charge in [-0.25, -0.2) is 14.6 Å². The summed E-state index contributed by atoms with van der Waals surface area (Å²) in [7, 11) is -1.88. The summed E-state index contributed by atoms with van der Waals surface area (Å²) in [6.45, 7) is 12.7. The van der Waals surface area contributed by atoms with Crippen LogP contribution in [0.25, 0.3) is 10.6 Å². The minimum atomic E-state index is -3.10. The van der Waals surface area contributed by atoms with Crippen LogP contribution in [0.15, 0.2) is 90.3 Å². The molecule has 3 amide bonds. The third-order valence-corrected chi connectivity index (χ3v) is 14.1. The number of aliphatic hydroxyl groups excluding tert-OH is 1. The van der Waals surface area contributed by atoms with Gasteiger partial charge in [0.15, 0.2) is 0 Å². The molecule has 4 rings (SSSR count). The number of ether oxygens (including phenoxy) is 2. The van der Waals surface area contributed by atoms with Gasteiger partial charge in [-0.3, -0.25) is 14.9 Å². The molecule has 0 radical (unpaired) electrons. The molecule has 3 unspecified atom stereocenters. The van der Waals surface area contributed by atoms with Crippen molar-refractivity contribution in [3.05, 3.63) is 96.0 Å². The lowest BCUT2D eigenvalue weighted by molar-refractivity contribution is -0.146. The van der Waals surface area contributed by atoms with Gasteiger partial charge in [0.25, 0.3) is 14.2 Å². The number of carbonyl (C=O) groups is 4. The molecule has 0 aliphatic carbocycles. The molecule has 4 aromatic rings. The summed E-state index contributed by atoms with van der Waals surface area (Å²) in [5.41, 5.74) is 0.596. The van der Waals surface area contributed by atoms with E-state index in [0.717, 1.165) is 10.4 Å². The van der Waals surface area contributed by atoms with E-state index < -0.39 is 61.0 Å². The van der Waals surface area contributed by atoms with Gasteiger partial charge in [-0.05, 0) is 67.4 Å². The predicted molar refractivity (Wildman–Crippen MR) is 208 cm³/mol. The van der Waals surface area contributed by atoms with Crippen molar-refractivity contribution < 1.29 is 38.2 Å². The second-order valence-electron chi connectivity index (χ2n) is 14.5. The van der Waals surface area contributed by atoms with Gasteiger partial charge < -0.3 is 29.6 Å². The molecule has 0 fully saturated rings. The average Bonchev–Trinajstić information content (AvgIpc) is 3.60. The lowest BCUT2D eigenvalue weighted by atomic mass is 10.1. The Hall–Kier alpha value is -4.89. The van der Waals surface area contributed by atoms with Crippen molar-refractivity contribution in [1.82, 2.24) is 15.6 Å². The van der Waals surface area contributed by atoms with Crippen molar-refractivity contribution in [3.8, 4) is 10.6 Å². The normalized spacial score (nSPS) is 13.6. The summed E-state index contributed by atoms with van der Waals surface area (Å²) in [6, 6.07) is 23.8. The Bertz CT molecular complexity index is 1820. The number of aliphatic hydroxyl groups is 1. The molecule has 3 aromatic carbocycles. The maximum Gasteiger partial charge on any atom is 0.412 e. The smallest absolute Gasteiger partial charge is 0.412 e. The van der Waals surface area contributed by atoms with E-state index >= 15 is 0 Å². The standard InChI is InChI=1S/C39H48N4O8SSi/c1-25(44)32(43-33(45)31-24-52-35(42-31)26-19-21-27(22-20-26)40-37(48)51-38(2,3)4)34(46)41-30(36(47)49-8)23-50-53(39(5,6)7,28-15-11-9-12-16-28)29-17-13-10-14-18-29/h9-22,24-25,30,32,44H,23H2,1-8H3,(H,40,48)(H,41,46)(H,43,45). The maximum atomic E-state index is 13.7. The van der Waals surface area contributed by atoms with Gasteiger partial charge in [-0.15, -0.1) is 11.3 Å². The molecule has 0 aliphatic heterocycles. The van der Waals surface area contributed by atoms with Crippen LogP contribution in [0.2, 0.25) is 5.04 Å². The molecule has 3 atom stereocenters. The van der Waals surface area contributed by atoms with Crippen LogP contribution in [-0.2, 0) is 23.5 Å². The zero-order valence-electron chi connectivity index (χ0n) is 31.3. The maximum absolute atomic E-state index is 13.7. The van der Waals surface area contributed by atoms with Crippen LogP contribution in [-0.4, -0.2) is 79.8 Å². The second-order valence-corrected chi connectivity index (χ2v) is 19.7. The second kappa shape index (κ2) is 17.3. The molecule has 1 aromatic heterocycles. The lowest BCUT2D eigenvalue weighted by Crippen LogP contribution is -2.68. The lowest BCUT2D eigenvalue weighted by Gasteiger charge is -2.43. The highest BCUT2D eigenvalue weighted by Gasteiger charge is 2.51. The summed E-state index contributed by atoms with van der Waals surface area (Å²) >= 11 is 1.21. The summed E-state index contributed by atoms with van der Waals surface area (Å²) in [4.78, 5) is 56.6. The Morgan fingerprint density at radius 3 is 1.91 bits per heavy atom. The molecular weight excluding hydrogens is 713 g/mol. The van der Waals surface area contributed by atoms with Crippen LogP contribution in [0, 0.1) is 0 Å². The molecule has 0 spiro atoms. The minimum absolute atomic E-state index is 0.0268. The number of nitrogens with one attached hydrogen (secondary N) is 3. The first-order valence-electron chi connectivity index (χ1n) is 17.1. The quantitative estimate of drug-likeness (QED) is 0.110. The van der Waals surface area contributed by atoms with Gasteiger partial charge >= 0.3 is 12.1 Å². The van der Waals surface area contributed by atoms with Crippen LogP contribution < -0.4 is 26.3 Å². The first-order valence-corrected chi connectivity index (χ1v) is 19.9. The zero-order valence-corrected chi connectivity index (χ0v) is 33.1. The van der Waals surface area contributed by atoms with Gasteiger partial charge in [0.2, 0.25) is 5.91 Å². The highest BCUT2D eigenvalue weighted by molar-refractivity contribution is 7.13. The number of rotatable bonds is 13. The number of aromatic nitrogens is 1. The van der Waals surface area contributed by atoms with E-state index in [1.165, 1.54) is 30.8 Å². The fourth-order valence-corrected chi connectivity index (χ4v) is 11.2. The number of amides is 3. The zero-order chi connectivity index (χ0) is 39.0. The Labute approximate surface area is 315 Å². The minimum Gasteiger partial charge on any atom is -0.467 e. The topological polar surface area (TPSA) is 165 Å². The molecule has 12 nitrogen and oxygen atoms in total. The number of nitrogens with zero attached hydrogens (tertiary/aromatic N) is 1. The van der Waals surface area contributed by atoms with Crippen LogP contribution >= 0.6 is 11.3 Å². The van der Waals surface area contributed by atoms with E-state index in [9.17, 15) is 24.3 Å². The molecule has 0 aliphatic rings. The summed E-state index contributed by atoms with van der Waals surface area (Å²) in [6.07, 6.45) is -1.92. The van der Waals surface area contributed by atoms with Gasteiger partial charge in [-0.2, -0.15) is 0 Å². The van der Waals surface area contributed by atoms with E-state index in [0.29, 0.717) is 16.3 Å². The number of benzene rings is 3. The van der Waals surface area contributed by atoms with Gasteiger partial charge in [-0.1, -0.05) is 81.4 Å². The van der Waals surface area contributed by atoms with Crippen molar-refractivity contribution in [3.63, 3.8) is 0 Å². The van der Waals surface area contributed by atoms with Crippen molar-refractivity contribution in [2.45, 2.75) is 77.3 Å². The van der Waals surface area contributed by atoms with Crippen LogP contribution in [0.1, 0.15) is 59.0 Å². The van der Waals surface area contributed by atoms with Crippen LogP contribution in [0.5, 0.6) is 0 Å². The summed E-state index contributed by atoms with van der Waals surface area (Å²) in [5, 5.41) is 22.1. The summed E-state index contributed by atoms with van der Waals surface area (Å²) in [5.74, 6) is -2.25. The van der Waals surface area contributed by atoms with Crippen LogP contribution in [0.4, 0.5) is 10.5 Å². The number of esters is 1. The van der Waals surface area contributed by atoms with Crippen molar-refractivity contribution in [2.75, 3.05) is 19.0 Å². The number of hydrogen-bond donors (Lipinski definition) is 4. The molecule has 0 saturated heterocycles. The third-order valence-electron chi connectivity index (χ3n) is 8.25. The Kier molecular flexibility index (Phi) is 13.3. The SMILES string of the molecule is COC(=O)C(CO[Si](c1ccccc1)(c1ccccc1)C(C)(C)C)NC(=O)C(NC(=O)c1csc(-c2ccc(NC(=O)OC(C)(C)C)cc2)n1)C(C)O. The number of hydrogen-bond acceptors (Lipinski definition) is 10.